The zero-order valence-electron chi connectivity index (χ0n) is 10.4. The highest BCUT2D eigenvalue weighted by atomic mass is 16.6. The first-order valence-electron chi connectivity index (χ1n) is 6.21. The average molecular weight is 295 g/mol. The van der Waals surface area contributed by atoms with Gasteiger partial charge in [0, 0.05) is 0 Å². The van der Waals surface area contributed by atoms with E-state index in [0.717, 1.165) is 6.61 Å². The lowest BCUT2D eigenvalue weighted by atomic mass is 9.88. The van der Waals surface area contributed by atoms with Crippen LogP contribution in [0, 0.1) is 6.61 Å². The number of hydrogen-bond acceptors (Lipinski definition) is 9. The van der Waals surface area contributed by atoms with Crippen molar-refractivity contribution in [2.24, 2.45) is 0 Å². The van der Waals surface area contributed by atoms with Crippen molar-refractivity contribution in [1.29, 1.82) is 0 Å². The van der Waals surface area contributed by atoms with E-state index < -0.39 is 54.9 Å². The Kier molecular flexibility index (Phi) is 4.95. The van der Waals surface area contributed by atoms with Crippen LogP contribution in [0.25, 0.3) is 0 Å². The largest absolute Gasteiger partial charge is 0.388 e. The van der Waals surface area contributed by atoms with E-state index in [1.54, 1.807) is 0 Å². The second-order valence-electron chi connectivity index (χ2n) is 5.05. The molecule has 0 saturated carbocycles. The standard InChI is InChI=1S/C11H19O9/c12-3-1-19-10(7(16)5(3)14)9(18)11-8(17)6(15)4(13)2-20-11/h1,3-18H,2H2/t3-,4-,5+,6+,7-,8-,9?,10-,11-/m1/s1. The molecule has 0 aromatic carbocycles. The lowest BCUT2D eigenvalue weighted by molar-refractivity contribution is -0.248. The van der Waals surface area contributed by atoms with Gasteiger partial charge < -0.3 is 45.2 Å². The van der Waals surface area contributed by atoms with Crippen LogP contribution in [0.2, 0.25) is 0 Å². The van der Waals surface area contributed by atoms with Gasteiger partial charge in [-0.1, -0.05) is 0 Å². The van der Waals surface area contributed by atoms with E-state index in [-0.39, 0.29) is 6.61 Å². The van der Waals surface area contributed by atoms with Gasteiger partial charge in [-0.2, -0.15) is 0 Å². The van der Waals surface area contributed by atoms with Crippen LogP contribution in [0.4, 0.5) is 0 Å². The molecular formula is C11H19O9. The van der Waals surface area contributed by atoms with Gasteiger partial charge in [-0.25, -0.2) is 0 Å². The molecule has 0 aromatic rings. The van der Waals surface area contributed by atoms with Crippen LogP contribution in [0.15, 0.2) is 0 Å². The highest BCUT2D eigenvalue weighted by Crippen LogP contribution is 2.27. The third-order valence-electron chi connectivity index (χ3n) is 3.62. The van der Waals surface area contributed by atoms with Crippen molar-refractivity contribution in [3.63, 3.8) is 0 Å². The summed E-state index contributed by atoms with van der Waals surface area (Å²) in [6.45, 7) is 0.545. The van der Waals surface area contributed by atoms with Crippen LogP contribution in [0.5, 0.6) is 0 Å². The van der Waals surface area contributed by atoms with E-state index in [2.05, 4.69) is 0 Å². The second-order valence-corrected chi connectivity index (χ2v) is 5.05. The van der Waals surface area contributed by atoms with Gasteiger partial charge in [0.05, 0.1) is 6.61 Å². The molecule has 2 fully saturated rings. The van der Waals surface area contributed by atoms with Crippen molar-refractivity contribution in [2.75, 3.05) is 6.61 Å². The summed E-state index contributed by atoms with van der Waals surface area (Å²) in [5.74, 6) is 0. The van der Waals surface area contributed by atoms with Crippen LogP contribution in [-0.2, 0) is 9.47 Å². The number of aliphatic hydroxyl groups excluding tert-OH is 7. The first kappa shape index (κ1) is 16.0. The molecule has 9 heteroatoms. The molecule has 0 amide bonds. The minimum atomic E-state index is -1.61. The topological polar surface area (TPSA) is 160 Å². The van der Waals surface area contributed by atoms with Gasteiger partial charge in [-0.15, -0.1) is 0 Å². The van der Waals surface area contributed by atoms with Gasteiger partial charge >= 0.3 is 0 Å². The molecule has 1 unspecified atom stereocenters. The third kappa shape index (κ3) is 2.82. The summed E-state index contributed by atoms with van der Waals surface area (Å²) < 4.78 is 9.97. The van der Waals surface area contributed by atoms with Crippen LogP contribution in [-0.4, -0.2) is 97.3 Å². The predicted octanol–water partition coefficient (Wildman–Crippen LogP) is -4.53. The van der Waals surface area contributed by atoms with Crippen LogP contribution in [0.3, 0.4) is 0 Å². The number of rotatable bonds is 2. The van der Waals surface area contributed by atoms with Crippen molar-refractivity contribution in [1.82, 2.24) is 0 Å². The van der Waals surface area contributed by atoms with Crippen molar-refractivity contribution < 1.29 is 45.2 Å². The van der Waals surface area contributed by atoms with Crippen LogP contribution < -0.4 is 0 Å². The Morgan fingerprint density at radius 3 is 2.10 bits per heavy atom. The zero-order chi connectivity index (χ0) is 15.0. The Balaban J connectivity index is 2.05. The van der Waals surface area contributed by atoms with Crippen molar-refractivity contribution in [3.05, 3.63) is 6.61 Å². The van der Waals surface area contributed by atoms with Gasteiger partial charge in [0.2, 0.25) is 0 Å². The van der Waals surface area contributed by atoms with E-state index in [0.29, 0.717) is 0 Å². The second kappa shape index (κ2) is 6.18. The molecule has 2 aliphatic heterocycles. The molecule has 9 atom stereocenters. The highest BCUT2D eigenvalue weighted by Gasteiger charge is 2.49. The Bertz CT molecular complexity index is 297. The molecule has 0 aliphatic carbocycles. The third-order valence-corrected chi connectivity index (χ3v) is 3.62. The normalized spacial score (nSPS) is 50.4. The molecule has 0 bridgehead atoms. The molecular weight excluding hydrogens is 276 g/mol. The summed E-state index contributed by atoms with van der Waals surface area (Å²) in [6.07, 6.45) is -13.2. The van der Waals surface area contributed by atoms with Crippen molar-refractivity contribution in [2.45, 2.75) is 54.9 Å². The fourth-order valence-electron chi connectivity index (χ4n) is 2.33. The predicted molar refractivity (Wildman–Crippen MR) is 61.0 cm³/mol. The minimum absolute atomic E-state index is 0.308. The van der Waals surface area contributed by atoms with E-state index >= 15 is 0 Å². The summed E-state index contributed by atoms with van der Waals surface area (Å²) in [6, 6.07) is 0. The molecule has 2 heterocycles. The molecule has 20 heavy (non-hydrogen) atoms. The van der Waals surface area contributed by atoms with E-state index in [1.807, 2.05) is 0 Å². The molecule has 0 aromatic heterocycles. The summed E-state index contributed by atoms with van der Waals surface area (Å²) in [5, 5.41) is 67.2. The van der Waals surface area contributed by atoms with Crippen LogP contribution >= 0.6 is 0 Å². The molecule has 7 N–H and O–H groups in total. The fraction of sp³-hybridized carbons (Fsp3) is 0.909. The Labute approximate surface area is 114 Å². The number of aliphatic hydroxyl groups is 7. The SMILES string of the molecule is OC([C@@H]1O[CH][C@@H](O)[C@H](O)[C@H]1O)[C@@H]1OC[C@@H](O)[C@H](O)[C@H]1O. The first-order chi connectivity index (χ1) is 9.34. The molecule has 2 saturated heterocycles. The number of hydrogen-bond donors (Lipinski definition) is 7. The van der Waals surface area contributed by atoms with Gasteiger partial charge in [-0.05, 0) is 0 Å². The summed E-state index contributed by atoms with van der Waals surface area (Å²) in [7, 11) is 0. The van der Waals surface area contributed by atoms with E-state index in [9.17, 15) is 35.7 Å². The molecule has 117 valence electrons. The van der Waals surface area contributed by atoms with Gasteiger partial charge in [-0.3, -0.25) is 0 Å². The zero-order valence-corrected chi connectivity index (χ0v) is 10.4. The summed E-state index contributed by atoms with van der Waals surface area (Å²) in [5.41, 5.74) is 0. The lowest BCUT2D eigenvalue weighted by Gasteiger charge is -2.43. The average Bonchev–Trinajstić information content (AvgIpc) is 2.42. The lowest BCUT2D eigenvalue weighted by Crippen LogP contribution is -2.63. The van der Waals surface area contributed by atoms with Gasteiger partial charge in [0.15, 0.2) is 0 Å². The monoisotopic (exact) mass is 295 g/mol. The maximum Gasteiger partial charge on any atom is 0.115 e. The van der Waals surface area contributed by atoms with Crippen LogP contribution in [0.1, 0.15) is 0 Å². The summed E-state index contributed by atoms with van der Waals surface area (Å²) >= 11 is 0. The van der Waals surface area contributed by atoms with Crippen molar-refractivity contribution in [3.8, 4) is 0 Å². The quantitative estimate of drug-likeness (QED) is 0.266. The Morgan fingerprint density at radius 2 is 1.45 bits per heavy atom. The maximum absolute atomic E-state index is 10.1. The first-order valence-corrected chi connectivity index (χ1v) is 6.21. The smallest absolute Gasteiger partial charge is 0.115 e. The summed E-state index contributed by atoms with van der Waals surface area (Å²) in [4.78, 5) is 0. The van der Waals surface area contributed by atoms with E-state index in [4.69, 9.17) is 9.47 Å². The molecule has 1 radical (unpaired) electrons. The molecule has 2 aliphatic rings. The molecule has 9 nitrogen and oxygen atoms in total. The fourth-order valence-corrected chi connectivity index (χ4v) is 2.33. The highest BCUT2D eigenvalue weighted by molar-refractivity contribution is 5.00. The Morgan fingerprint density at radius 1 is 0.850 bits per heavy atom. The van der Waals surface area contributed by atoms with Gasteiger partial charge in [0.1, 0.15) is 61.5 Å². The molecule has 0 spiro atoms. The Hall–Kier alpha value is -0.360. The van der Waals surface area contributed by atoms with Crippen molar-refractivity contribution >= 4 is 0 Å². The minimum Gasteiger partial charge on any atom is -0.388 e. The maximum atomic E-state index is 10.1. The van der Waals surface area contributed by atoms with Gasteiger partial charge in [0.25, 0.3) is 0 Å². The van der Waals surface area contributed by atoms with E-state index in [1.165, 1.54) is 0 Å². The number of ether oxygens (including phenoxy) is 2. The molecule has 2 rings (SSSR count).